The second-order valence-corrected chi connectivity index (χ2v) is 5.77. The van der Waals surface area contributed by atoms with Crippen LogP contribution < -0.4 is 10.6 Å². The van der Waals surface area contributed by atoms with Gasteiger partial charge in [-0.2, -0.15) is 0 Å². The fourth-order valence-corrected chi connectivity index (χ4v) is 2.61. The minimum Gasteiger partial charge on any atom is -0.351 e. The maximum absolute atomic E-state index is 13.0. The van der Waals surface area contributed by atoms with E-state index in [0.717, 1.165) is 10.0 Å². The number of carbonyl (C=O) groups excluding carboxylic acids is 1. The van der Waals surface area contributed by atoms with Crippen LogP contribution in [0.25, 0.3) is 0 Å². The van der Waals surface area contributed by atoms with Crippen LogP contribution in [0.15, 0.2) is 22.7 Å². The van der Waals surface area contributed by atoms with Crippen LogP contribution in [0.3, 0.4) is 0 Å². The van der Waals surface area contributed by atoms with Gasteiger partial charge in [-0.25, -0.2) is 8.78 Å². The largest absolute Gasteiger partial charge is 0.351 e. The number of carbonyl (C=O) groups is 1. The van der Waals surface area contributed by atoms with Crippen LogP contribution in [-0.4, -0.2) is 24.4 Å². The number of benzene rings is 1. The Kier molecular flexibility index (Phi) is 4.43. The smallest absolute Gasteiger partial charge is 0.262 e. The second-order valence-electron chi connectivity index (χ2n) is 4.45. The third-order valence-corrected chi connectivity index (χ3v) is 3.74. The van der Waals surface area contributed by atoms with Crippen LogP contribution in [-0.2, 0) is 11.3 Å². The van der Waals surface area contributed by atoms with Crippen molar-refractivity contribution < 1.29 is 13.6 Å². The molecule has 0 spiro atoms. The lowest BCUT2D eigenvalue weighted by atomic mass is 10.1. The predicted octanol–water partition coefficient (Wildman–Crippen LogP) is 2.72. The van der Waals surface area contributed by atoms with Crippen molar-refractivity contribution in [1.82, 2.24) is 10.6 Å². The van der Waals surface area contributed by atoms with Crippen molar-refractivity contribution in [2.75, 3.05) is 6.54 Å². The Morgan fingerprint density at radius 3 is 2.89 bits per heavy atom. The fourth-order valence-electron chi connectivity index (χ4n) is 1.87. The van der Waals surface area contributed by atoms with Gasteiger partial charge >= 0.3 is 0 Å². The van der Waals surface area contributed by atoms with E-state index >= 15 is 0 Å². The molecule has 0 saturated carbocycles. The molecule has 0 aliphatic carbocycles. The normalized spacial score (nSPS) is 21.4. The molecule has 1 aliphatic heterocycles. The van der Waals surface area contributed by atoms with Gasteiger partial charge < -0.3 is 5.32 Å². The van der Waals surface area contributed by atoms with Crippen molar-refractivity contribution in [3.8, 4) is 0 Å². The Balaban J connectivity index is 1.90. The summed E-state index contributed by atoms with van der Waals surface area (Å²) in [4.78, 5) is 11.7. The summed E-state index contributed by atoms with van der Waals surface area (Å²) < 4.78 is 26.8. The van der Waals surface area contributed by atoms with Gasteiger partial charge in [0.25, 0.3) is 5.92 Å². The van der Waals surface area contributed by atoms with Gasteiger partial charge in [-0.3, -0.25) is 10.1 Å². The monoisotopic (exact) mass is 352 g/mol. The molecule has 1 aliphatic rings. The van der Waals surface area contributed by atoms with E-state index in [1.165, 1.54) is 0 Å². The summed E-state index contributed by atoms with van der Waals surface area (Å²) in [5.41, 5.74) is 0.739. The van der Waals surface area contributed by atoms with Gasteiger partial charge in [0, 0.05) is 22.5 Å². The fraction of sp³-hybridized carbons (Fsp3) is 0.417. The molecular weight excluding hydrogens is 341 g/mol. The van der Waals surface area contributed by atoms with Gasteiger partial charge in [0.05, 0.1) is 12.6 Å². The molecule has 7 heteroatoms. The highest BCUT2D eigenvalue weighted by atomic mass is 79.9. The second kappa shape index (κ2) is 5.73. The summed E-state index contributed by atoms with van der Waals surface area (Å²) in [7, 11) is 0. The van der Waals surface area contributed by atoms with E-state index in [2.05, 4.69) is 26.6 Å². The number of rotatable bonds is 3. The van der Waals surface area contributed by atoms with Crippen LogP contribution in [0.1, 0.15) is 12.0 Å². The maximum Gasteiger partial charge on any atom is 0.262 e. The van der Waals surface area contributed by atoms with Crippen molar-refractivity contribution in [3.05, 3.63) is 33.3 Å². The van der Waals surface area contributed by atoms with Crippen LogP contribution in [0.4, 0.5) is 8.78 Å². The standard InChI is InChI=1S/C12H12BrClF2N2O/c13-8-2-1-7(9(14)3-8)5-17-11(19)10-4-12(15,16)6-18-10/h1-3,10,18H,4-6H2,(H,17,19). The molecule has 1 fully saturated rings. The third kappa shape index (κ3) is 3.87. The molecule has 0 aromatic heterocycles. The number of alkyl halides is 2. The lowest BCUT2D eigenvalue weighted by molar-refractivity contribution is -0.123. The first-order valence-corrected chi connectivity index (χ1v) is 6.87. The average molecular weight is 354 g/mol. The number of amides is 1. The van der Waals surface area contributed by atoms with E-state index in [1.807, 2.05) is 0 Å². The molecule has 3 nitrogen and oxygen atoms in total. The Morgan fingerprint density at radius 1 is 1.58 bits per heavy atom. The topological polar surface area (TPSA) is 41.1 Å². The highest BCUT2D eigenvalue weighted by molar-refractivity contribution is 9.10. The first-order chi connectivity index (χ1) is 8.87. The van der Waals surface area contributed by atoms with Crippen molar-refractivity contribution in [3.63, 3.8) is 0 Å². The van der Waals surface area contributed by atoms with E-state index in [-0.39, 0.29) is 6.54 Å². The lowest BCUT2D eigenvalue weighted by Gasteiger charge is -2.12. The Bertz CT molecular complexity index is 499. The molecule has 0 bridgehead atoms. The highest BCUT2D eigenvalue weighted by Gasteiger charge is 2.42. The summed E-state index contributed by atoms with van der Waals surface area (Å²) in [6.45, 7) is -0.237. The minimum atomic E-state index is -2.81. The zero-order valence-corrected chi connectivity index (χ0v) is 12.2. The molecule has 104 valence electrons. The van der Waals surface area contributed by atoms with Crippen LogP contribution in [0.2, 0.25) is 5.02 Å². The van der Waals surface area contributed by atoms with Crippen molar-refractivity contribution in [1.29, 1.82) is 0 Å². The molecule has 1 unspecified atom stereocenters. The molecule has 1 amide bonds. The van der Waals surface area contributed by atoms with E-state index in [0.29, 0.717) is 5.02 Å². The van der Waals surface area contributed by atoms with Crippen LogP contribution >= 0.6 is 27.5 Å². The zero-order valence-electron chi connectivity index (χ0n) is 9.85. The van der Waals surface area contributed by atoms with Crippen LogP contribution in [0, 0.1) is 0 Å². The zero-order chi connectivity index (χ0) is 14.0. The van der Waals surface area contributed by atoms with Crippen molar-refractivity contribution in [2.45, 2.75) is 24.9 Å². The molecule has 1 aromatic carbocycles. The summed E-state index contributed by atoms with van der Waals surface area (Å²) >= 11 is 9.28. The number of halogens is 4. The number of hydrogen-bond donors (Lipinski definition) is 2. The van der Waals surface area contributed by atoms with Gasteiger partial charge in [-0.15, -0.1) is 0 Å². The van der Waals surface area contributed by atoms with Gasteiger partial charge in [0.1, 0.15) is 0 Å². The Labute approximate surface area is 122 Å². The molecule has 1 heterocycles. The third-order valence-electron chi connectivity index (χ3n) is 2.89. The number of nitrogens with one attached hydrogen (secondary N) is 2. The molecule has 2 rings (SSSR count). The Morgan fingerprint density at radius 2 is 2.32 bits per heavy atom. The maximum atomic E-state index is 13.0. The number of hydrogen-bond acceptors (Lipinski definition) is 2. The highest BCUT2D eigenvalue weighted by Crippen LogP contribution is 2.25. The molecule has 2 N–H and O–H groups in total. The van der Waals surface area contributed by atoms with Crippen molar-refractivity contribution >= 4 is 33.4 Å². The Hall–Kier alpha value is -0.720. The molecule has 0 radical (unpaired) electrons. The van der Waals surface area contributed by atoms with E-state index in [4.69, 9.17) is 11.6 Å². The van der Waals surface area contributed by atoms with Gasteiger partial charge in [-0.1, -0.05) is 33.6 Å². The van der Waals surface area contributed by atoms with Crippen molar-refractivity contribution in [2.24, 2.45) is 0 Å². The van der Waals surface area contributed by atoms with E-state index < -0.39 is 30.8 Å². The quantitative estimate of drug-likeness (QED) is 0.877. The lowest BCUT2D eigenvalue weighted by Crippen LogP contribution is -2.40. The molecule has 19 heavy (non-hydrogen) atoms. The van der Waals surface area contributed by atoms with Gasteiger partial charge in [0.2, 0.25) is 5.91 Å². The SMILES string of the molecule is O=C(NCc1ccc(Br)cc1Cl)C1CC(F)(F)CN1. The molecule has 1 saturated heterocycles. The predicted molar refractivity (Wildman–Crippen MR) is 72.4 cm³/mol. The first kappa shape index (κ1) is 14.7. The van der Waals surface area contributed by atoms with Crippen LogP contribution in [0.5, 0.6) is 0 Å². The first-order valence-electron chi connectivity index (χ1n) is 5.70. The summed E-state index contributed by atoms with van der Waals surface area (Å²) in [6.07, 6.45) is -0.465. The molecule has 1 aromatic rings. The van der Waals surface area contributed by atoms with Gasteiger partial charge in [0.15, 0.2) is 0 Å². The molecule has 1 atom stereocenters. The summed E-state index contributed by atoms with van der Waals surface area (Å²) in [6, 6.07) is 4.44. The van der Waals surface area contributed by atoms with E-state index in [9.17, 15) is 13.6 Å². The average Bonchev–Trinajstić information content (AvgIpc) is 2.68. The molecular formula is C12H12BrClF2N2O. The minimum absolute atomic E-state index is 0.217. The van der Waals surface area contributed by atoms with E-state index in [1.54, 1.807) is 18.2 Å². The summed E-state index contributed by atoms with van der Waals surface area (Å²) in [5, 5.41) is 5.62. The summed E-state index contributed by atoms with van der Waals surface area (Å²) in [5.74, 6) is -3.24. The van der Waals surface area contributed by atoms with Gasteiger partial charge in [-0.05, 0) is 17.7 Å².